The maximum Gasteiger partial charge on any atom is 0.221 e. The zero-order chi connectivity index (χ0) is 19.0. The molecule has 1 fully saturated rings. The average Bonchev–Trinajstić information content (AvgIpc) is 3.16. The molecule has 1 atom stereocenters. The topological polar surface area (TPSA) is 35.6 Å². The summed E-state index contributed by atoms with van der Waals surface area (Å²) < 4.78 is 0. The van der Waals surface area contributed by atoms with E-state index in [9.17, 15) is 4.79 Å². The van der Waals surface area contributed by atoms with Crippen molar-refractivity contribution in [3.63, 3.8) is 0 Å². The van der Waals surface area contributed by atoms with E-state index in [0.29, 0.717) is 0 Å². The van der Waals surface area contributed by atoms with Crippen LogP contribution in [0, 0.1) is 0 Å². The second kappa shape index (κ2) is 7.53. The number of amides is 1. The van der Waals surface area contributed by atoms with Gasteiger partial charge in [-0.3, -0.25) is 4.79 Å². The van der Waals surface area contributed by atoms with E-state index in [4.69, 9.17) is 11.6 Å². The zero-order valence-electron chi connectivity index (χ0n) is 16.0. The predicted octanol–water partition coefficient (Wildman–Crippen LogP) is 4.48. The molecule has 2 aliphatic rings. The minimum absolute atomic E-state index is 0.0486. The van der Waals surface area contributed by atoms with Gasteiger partial charge in [-0.15, -0.1) is 0 Å². The number of rotatable bonds is 3. The number of halogens is 1. The van der Waals surface area contributed by atoms with E-state index >= 15 is 0 Å². The number of nitrogens with one attached hydrogen (secondary N) is 1. The Labute approximate surface area is 166 Å². The molecular formula is C22H26ClN3O. The summed E-state index contributed by atoms with van der Waals surface area (Å²) in [4.78, 5) is 16.0. The highest BCUT2D eigenvalue weighted by atomic mass is 35.5. The number of hydrogen-bond acceptors (Lipinski definition) is 3. The highest BCUT2D eigenvalue weighted by molar-refractivity contribution is 6.31. The second-order valence-electron chi connectivity index (χ2n) is 7.74. The molecule has 1 amide bonds. The fourth-order valence-corrected chi connectivity index (χ4v) is 4.59. The number of carbonyl (C=O) groups is 1. The lowest BCUT2D eigenvalue weighted by molar-refractivity contribution is -0.114. The molecule has 27 heavy (non-hydrogen) atoms. The van der Waals surface area contributed by atoms with Gasteiger partial charge in [-0.05, 0) is 60.8 Å². The molecule has 0 aromatic heterocycles. The van der Waals surface area contributed by atoms with Crippen LogP contribution >= 0.6 is 11.6 Å². The van der Waals surface area contributed by atoms with Gasteiger partial charge in [0, 0.05) is 55.4 Å². The smallest absolute Gasteiger partial charge is 0.221 e. The first-order valence-corrected chi connectivity index (χ1v) is 10.0. The number of anilines is 2. The van der Waals surface area contributed by atoms with Gasteiger partial charge in [-0.2, -0.15) is 0 Å². The van der Waals surface area contributed by atoms with Crippen LogP contribution in [0.4, 0.5) is 11.4 Å². The van der Waals surface area contributed by atoms with Gasteiger partial charge in [0.05, 0.1) is 0 Å². The van der Waals surface area contributed by atoms with Crippen LogP contribution in [-0.2, 0) is 11.3 Å². The van der Waals surface area contributed by atoms with Crippen LogP contribution in [0.15, 0.2) is 36.4 Å². The molecule has 4 rings (SSSR count). The van der Waals surface area contributed by atoms with Crippen molar-refractivity contribution >= 4 is 28.9 Å². The molecule has 0 saturated carbocycles. The van der Waals surface area contributed by atoms with Crippen LogP contribution in [0.5, 0.6) is 0 Å². The fourth-order valence-electron chi connectivity index (χ4n) is 4.31. The molecule has 4 nitrogen and oxygen atoms in total. The lowest BCUT2D eigenvalue weighted by Gasteiger charge is -2.34. The Morgan fingerprint density at radius 3 is 2.52 bits per heavy atom. The normalized spacial score (nSPS) is 19.8. The van der Waals surface area contributed by atoms with Crippen LogP contribution in [0.3, 0.4) is 0 Å². The molecule has 0 spiro atoms. The van der Waals surface area contributed by atoms with Crippen molar-refractivity contribution in [3.8, 4) is 0 Å². The number of fused-ring (bicyclic) bond motifs is 1. The van der Waals surface area contributed by atoms with Crippen LogP contribution in [-0.4, -0.2) is 37.5 Å². The van der Waals surface area contributed by atoms with Crippen LogP contribution in [0.2, 0.25) is 5.02 Å². The van der Waals surface area contributed by atoms with E-state index in [1.54, 1.807) is 0 Å². The van der Waals surface area contributed by atoms with Crippen molar-refractivity contribution < 1.29 is 4.79 Å². The molecule has 1 N–H and O–H groups in total. The van der Waals surface area contributed by atoms with Gasteiger partial charge in [0.1, 0.15) is 0 Å². The zero-order valence-corrected chi connectivity index (χ0v) is 16.7. The maximum absolute atomic E-state index is 11.3. The third-order valence-electron chi connectivity index (χ3n) is 5.62. The van der Waals surface area contributed by atoms with Crippen molar-refractivity contribution in [2.75, 3.05) is 36.9 Å². The Balaban J connectivity index is 1.71. The average molecular weight is 384 g/mol. The molecule has 1 saturated heterocycles. The first-order valence-electron chi connectivity index (χ1n) is 9.64. The van der Waals surface area contributed by atoms with Gasteiger partial charge in [0.25, 0.3) is 0 Å². The number of likely N-dealkylation sites (N-methyl/N-ethyl adjacent to an activating group) is 1. The molecule has 2 heterocycles. The summed E-state index contributed by atoms with van der Waals surface area (Å²) in [5.41, 5.74) is 5.92. The van der Waals surface area contributed by atoms with Crippen molar-refractivity contribution in [2.24, 2.45) is 0 Å². The third kappa shape index (κ3) is 3.83. The summed E-state index contributed by atoms with van der Waals surface area (Å²) in [6, 6.07) is 12.7. The highest BCUT2D eigenvalue weighted by Gasteiger charge is 2.28. The second-order valence-corrected chi connectivity index (χ2v) is 8.15. The van der Waals surface area contributed by atoms with Crippen molar-refractivity contribution in [1.82, 2.24) is 4.90 Å². The minimum Gasteiger partial charge on any atom is -0.371 e. The first kappa shape index (κ1) is 18.3. The third-order valence-corrected chi connectivity index (χ3v) is 5.95. The molecule has 5 heteroatoms. The first-order chi connectivity index (χ1) is 13.0. The van der Waals surface area contributed by atoms with Gasteiger partial charge in [-0.1, -0.05) is 23.7 Å². The molecule has 2 aliphatic heterocycles. The van der Waals surface area contributed by atoms with Gasteiger partial charge in [0.15, 0.2) is 0 Å². The van der Waals surface area contributed by atoms with Gasteiger partial charge >= 0.3 is 0 Å². The number of nitrogens with zero attached hydrogens (tertiary/aromatic N) is 2. The molecule has 0 aliphatic carbocycles. The Morgan fingerprint density at radius 2 is 1.85 bits per heavy atom. The number of hydrogen-bond donors (Lipinski definition) is 1. The van der Waals surface area contributed by atoms with Crippen molar-refractivity contribution in [3.05, 3.63) is 58.1 Å². The van der Waals surface area contributed by atoms with E-state index in [-0.39, 0.29) is 11.8 Å². The summed E-state index contributed by atoms with van der Waals surface area (Å²) in [6.45, 7) is 5.61. The lowest BCUT2D eigenvalue weighted by atomic mass is 9.84. The van der Waals surface area contributed by atoms with Gasteiger partial charge in [0.2, 0.25) is 5.91 Å². The Morgan fingerprint density at radius 1 is 1.15 bits per heavy atom. The SMILES string of the molecule is CC(=O)Nc1ccc(C2CN(C)Cc3c(Cl)cc(N4CCCC4)cc32)cc1. The largest absolute Gasteiger partial charge is 0.371 e. The molecule has 0 radical (unpaired) electrons. The Hall–Kier alpha value is -2.04. The summed E-state index contributed by atoms with van der Waals surface area (Å²) in [7, 11) is 2.15. The Kier molecular flexibility index (Phi) is 5.11. The molecule has 2 aromatic carbocycles. The standard InChI is InChI=1S/C22H26ClN3O/c1-15(27)24-17-7-5-16(6-8-17)20-13-25(2)14-21-19(20)11-18(12-22(21)23)26-9-3-4-10-26/h5-8,11-12,20H,3-4,9-10,13-14H2,1-2H3,(H,24,27). The minimum atomic E-state index is -0.0486. The number of carbonyl (C=O) groups excluding carboxylic acids is 1. The van der Waals surface area contributed by atoms with E-state index in [1.165, 1.54) is 42.1 Å². The van der Waals surface area contributed by atoms with Gasteiger partial charge in [-0.25, -0.2) is 0 Å². The lowest BCUT2D eigenvalue weighted by Crippen LogP contribution is -2.31. The monoisotopic (exact) mass is 383 g/mol. The van der Waals surface area contributed by atoms with E-state index in [0.717, 1.165) is 36.9 Å². The van der Waals surface area contributed by atoms with Crippen LogP contribution in [0.25, 0.3) is 0 Å². The Bertz CT molecular complexity index is 843. The quantitative estimate of drug-likeness (QED) is 0.849. The van der Waals surface area contributed by atoms with Gasteiger partial charge < -0.3 is 15.1 Å². The molecule has 142 valence electrons. The van der Waals surface area contributed by atoms with E-state index < -0.39 is 0 Å². The van der Waals surface area contributed by atoms with E-state index in [1.807, 2.05) is 12.1 Å². The van der Waals surface area contributed by atoms with Crippen LogP contribution < -0.4 is 10.2 Å². The molecule has 1 unspecified atom stereocenters. The summed E-state index contributed by atoms with van der Waals surface area (Å²) >= 11 is 6.73. The fraction of sp³-hybridized carbons (Fsp3) is 0.409. The molecule has 2 aromatic rings. The summed E-state index contributed by atoms with van der Waals surface area (Å²) in [5.74, 6) is 0.234. The summed E-state index contributed by atoms with van der Waals surface area (Å²) in [6.07, 6.45) is 2.51. The van der Waals surface area contributed by atoms with Crippen molar-refractivity contribution in [1.29, 1.82) is 0 Å². The molecular weight excluding hydrogens is 358 g/mol. The highest BCUT2D eigenvalue weighted by Crippen LogP contribution is 2.40. The van der Waals surface area contributed by atoms with Crippen LogP contribution in [0.1, 0.15) is 42.4 Å². The maximum atomic E-state index is 11.3. The predicted molar refractivity (Wildman–Crippen MR) is 112 cm³/mol. The summed E-state index contributed by atoms with van der Waals surface area (Å²) in [5, 5.41) is 3.72. The van der Waals surface area contributed by atoms with Crippen molar-refractivity contribution in [2.45, 2.75) is 32.2 Å². The number of benzene rings is 2. The van der Waals surface area contributed by atoms with E-state index in [2.05, 4.69) is 46.4 Å². The molecule has 0 bridgehead atoms.